The molecule has 0 aliphatic rings. The molecule has 0 saturated carbocycles. The van der Waals surface area contributed by atoms with Crippen LogP contribution < -0.4 is 10.6 Å². The van der Waals surface area contributed by atoms with Crippen LogP contribution in [0.3, 0.4) is 0 Å². The number of nitrogens with zero attached hydrogens (tertiary/aromatic N) is 2. The first-order valence-corrected chi connectivity index (χ1v) is 4.29. The predicted molar refractivity (Wildman–Crippen MR) is 51.9 cm³/mol. The van der Waals surface area contributed by atoms with Gasteiger partial charge < -0.3 is 15.2 Å². The molecule has 0 fully saturated rings. The second kappa shape index (κ2) is 5.00. The Balaban J connectivity index is 2.92. The number of rotatable bonds is 6. The van der Waals surface area contributed by atoms with Gasteiger partial charge in [-0.05, 0) is 6.42 Å². The second-order valence-electron chi connectivity index (χ2n) is 2.66. The van der Waals surface area contributed by atoms with Crippen molar-refractivity contribution in [2.75, 3.05) is 10.6 Å². The summed E-state index contributed by atoms with van der Waals surface area (Å²) in [5, 5.41) is 4.90. The Hall–Kier alpha value is -1.85. The van der Waals surface area contributed by atoms with Gasteiger partial charge in [0.15, 0.2) is 11.6 Å². The number of carbonyl (C=O) groups excluding carboxylic acids is 2. The fourth-order valence-electron chi connectivity index (χ4n) is 1.16. The molecule has 0 aliphatic heterocycles. The molecule has 2 N–H and O–H groups in total. The average Bonchev–Trinajstić information content (AvgIpc) is 2.52. The second-order valence-corrected chi connectivity index (χ2v) is 2.66. The zero-order valence-electron chi connectivity index (χ0n) is 7.86. The van der Waals surface area contributed by atoms with E-state index in [0.717, 1.165) is 13.0 Å². The minimum Gasteiger partial charge on any atom is -0.315 e. The predicted octanol–water partition coefficient (Wildman–Crippen LogP) is 0.430. The van der Waals surface area contributed by atoms with Crippen molar-refractivity contribution in [2.45, 2.75) is 19.9 Å². The smallest absolute Gasteiger partial charge is 0.212 e. The summed E-state index contributed by atoms with van der Waals surface area (Å²) >= 11 is 0. The Morgan fingerprint density at radius 2 is 2.14 bits per heavy atom. The SMILES string of the molecule is CCCn1cnc(NC=O)c1NC=O. The molecule has 0 saturated heterocycles. The highest BCUT2D eigenvalue weighted by atomic mass is 16.1. The Bertz CT molecular complexity index is 321. The van der Waals surface area contributed by atoms with Crippen molar-refractivity contribution in [2.24, 2.45) is 0 Å². The molecule has 0 unspecified atom stereocenters. The number of imidazole rings is 1. The summed E-state index contributed by atoms with van der Waals surface area (Å²) in [6, 6.07) is 0. The first-order valence-electron chi connectivity index (χ1n) is 4.29. The highest BCUT2D eigenvalue weighted by molar-refractivity contribution is 5.82. The third-order valence-corrected chi connectivity index (χ3v) is 1.69. The molecule has 0 aliphatic carbocycles. The van der Waals surface area contributed by atoms with E-state index in [0.29, 0.717) is 24.5 Å². The lowest BCUT2D eigenvalue weighted by molar-refractivity contribution is -0.106. The lowest BCUT2D eigenvalue weighted by atomic mass is 10.5. The lowest BCUT2D eigenvalue weighted by Gasteiger charge is -2.05. The summed E-state index contributed by atoms with van der Waals surface area (Å²) in [6.07, 6.45) is 3.57. The Morgan fingerprint density at radius 1 is 1.43 bits per heavy atom. The maximum atomic E-state index is 10.3. The Labute approximate surface area is 81.3 Å². The van der Waals surface area contributed by atoms with Gasteiger partial charge in [-0.25, -0.2) is 4.98 Å². The Kier molecular flexibility index (Phi) is 3.66. The van der Waals surface area contributed by atoms with E-state index in [9.17, 15) is 9.59 Å². The van der Waals surface area contributed by atoms with Crippen molar-refractivity contribution in [1.29, 1.82) is 0 Å². The summed E-state index contributed by atoms with van der Waals surface area (Å²) in [7, 11) is 0. The number of anilines is 2. The van der Waals surface area contributed by atoms with Gasteiger partial charge in [-0.2, -0.15) is 0 Å². The van der Waals surface area contributed by atoms with Crippen LogP contribution in [0, 0.1) is 0 Å². The zero-order valence-corrected chi connectivity index (χ0v) is 7.86. The average molecular weight is 196 g/mol. The molecule has 0 spiro atoms. The lowest BCUT2D eigenvalue weighted by Crippen LogP contribution is -2.06. The van der Waals surface area contributed by atoms with Crippen molar-refractivity contribution >= 4 is 24.5 Å². The highest BCUT2D eigenvalue weighted by Gasteiger charge is 2.08. The van der Waals surface area contributed by atoms with Crippen LogP contribution in [-0.4, -0.2) is 22.4 Å². The van der Waals surface area contributed by atoms with Gasteiger partial charge in [0.05, 0.1) is 6.33 Å². The molecule has 2 amide bonds. The van der Waals surface area contributed by atoms with E-state index in [2.05, 4.69) is 15.6 Å². The number of aromatic nitrogens is 2. The van der Waals surface area contributed by atoms with Crippen LogP contribution in [0.4, 0.5) is 11.6 Å². The first kappa shape index (κ1) is 10.2. The van der Waals surface area contributed by atoms with Gasteiger partial charge in [0.25, 0.3) is 0 Å². The van der Waals surface area contributed by atoms with Crippen LogP contribution >= 0.6 is 0 Å². The van der Waals surface area contributed by atoms with E-state index in [1.54, 1.807) is 10.9 Å². The van der Waals surface area contributed by atoms with Crippen molar-refractivity contribution in [3.05, 3.63) is 6.33 Å². The molecule has 76 valence electrons. The summed E-state index contributed by atoms with van der Waals surface area (Å²) in [6.45, 7) is 2.75. The summed E-state index contributed by atoms with van der Waals surface area (Å²) in [5.41, 5.74) is 0. The number of carbonyl (C=O) groups is 2. The third-order valence-electron chi connectivity index (χ3n) is 1.69. The van der Waals surface area contributed by atoms with E-state index < -0.39 is 0 Å². The molecule has 6 heteroatoms. The molecule has 14 heavy (non-hydrogen) atoms. The monoisotopic (exact) mass is 196 g/mol. The highest BCUT2D eigenvalue weighted by Crippen LogP contribution is 2.18. The molecule has 1 aromatic rings. The number of aryl methyl sites for hydroxylation is 1. The van der Waals surface area contributed by atoms with Gasteiger partial charge in [0, 0.05) is 6.54 Å². The first-order chi connectivity index (χ1) is 6.83. The molecule has 0 atom stereocenters. The van der Waals surface area contributed by atoms with Crippen molar-refractivity contribution in [3.8, 4) is 0 Å². The van der Waals surface area contributed by atoms with Gasteiger partial charge >= 0.3 is 0 Å². The molecule has 1 aromatic heterocycles. The van der Waals surface area contributed by atoms with E-state index in [1.807, 2.05) is 6.92 Å². The minimum atomic E-state index is 0.362. The molecule has 1 rings (SSSR count). The van der Waals surface area contributed by atoms with Crippen molar-refractivity contribution in [1.82, 2.24) is 9.55 Å². The van der Waals surface area contributed by atoms with Crippen LogP contribution in [-0.2, 0) is 16.1 Å². The normalized spacial score (nSPS) is 9.50. The molecule has 1 heterocycles. The van der Waals surface area contributed by atoms with Crippen LogP contribution in [0.15, 0.2) is 6.33 Å². The minimum absolute atomic E-state index is 0.362. The van der Waals surface area contributed by atoms with E-state index >= 15 is 0 Å². The zero-order chi connectivity index (χ0) is 10.4. The maximum Gasteiger partial charge on any atom is 0.212 e. The van der Waals surface area contributed by atoms with Gasteiger partial charge in [-0.3, -0.25) is 9.59 Å². The number of hydrogen-bond acceptors (Lipinski definition) is 3. The summed E-state index contributed by atoms with van der Waals surface area (Å²) < 4.78 is 1.76. The van der Waals surface area contributed by atoms with Crippen LogP contribution in [0.5, 0.6) is 0 Å². The number of hydrogen-bond donors (Lipinski definition) is 2. The van der Waals surface area contributed by atoms with E-state index in [1.165, 1.54) is 0 Å². The molecular weight excluding hydrogens is 184 g/mol. The molecular formula is C8H12N4O2. The largest absolute Gasteiger partial charge is 0.315 e. The molecule has 0 radical (unpaired) electrons. The molecule has 0 bridgehead atoms. The maximum absolute atomic E-state index is 10.3. The van der Waals surface area contributed by atoms with Gasteiger partial charge in [0.2, 0.25) is 12.8 Å². The summed E-state index contributed by atoms with van der Waals surface area (Å²) in [4.78, 5) is 24.5. The fourth-order valence-corrected chi connectivity index (χ4v) is 1.16. The topological polar surface area (TPSA) is 76.0 Å². The third kappa shape index (κ3) is 2.09. The van der Waals surface area contributed by atoms with E-state index in [-0.39, 0.29) is 0 Å². The van der Waals surface area contributed by atoms with Gasteiger partial charge in [-0.1, -0.05) is 6.92 Å². The molecule has 6 nitrogen and oxygen atoms in total. The van der Waals surface area contributed by atoms with Gasteiger partial charge in [0.1, 0.15) is 0 Å². The van der Waals surface area contributed by atoms with Crippen molar-refractivity contribution < 1.29 is 9.59 Å². The van der Waals surface area contributed by atoms with Crippen LogP contribution in [0.2, 0.25) is 0 Å². The van der Waals surface area contributed by atoms with E-state index in [4.69, 9.17) is 0 Å². The summed E-state index contributed by atoms with van der Waals surface area (Å²) in [5.74, 6) is 0.870. The quantitative estimate of drug-likeness (QED) is 0.648. The van der Waals surface area contributed by atoms with Crippen LogP contribution in [0.1, 0.15) is 13.3 Å². The Morgan fingerprint density at radius 3 is 2.71 bits per heavy atom. The van der Waals surface area contributed by atoms with Gasteiger partial charge in [-0.15, -0.1) is 0 Å². The fraction of sp³-hybridized carbons (Fsp3) is 0.375. The molecule has 0 aromatic carbocycles. The van der Waals surface area contributed by atoms with Crippen LogP contribution in [0.25, 0.3) is 0 Å². The van der Waals surface area contributed by atoms with Crippen molar-refractivity contribution in [3.63, 3.8) is 0 Å². The standard InChI is InChI=1S/C8H12N4O2/c1-2-3-12-4-9-7(10-5-13)8(12)11-6-14/h4-6H,2-3H2,1H3,(H,10,13)(H,11,14). The number of amides is 2. The number of nitrogens with one attached hydrogen (secondary N) is 2.